The third kappa shape index (κ3) is 4.83. The molecule has 1 aromatic rings. The third-order valence-electron chi connectivity index (χ3n) is 1.45. The molecular formula is C10H12N2O5. The largest absolute Gasteiger partial charge is 0.426 e. The van der Waals surface area contributed by atoms with E-state index in [-0.39, 0.29) is 17.1 Å². The summed E-state index contributed by atoms with van der Waals surface area (Å²) in [4.78, 5) is 30.5. The van der Waals surface area contributed by atoms with Crippen LogP contribution in [0.5, 0.6) is 5.75 Å². The zero-order chi connectivity index (χ0) is 13.4. The van der Waals surface area contributed by atoms with Gasteiger partial charge >= 0.3 is 5.97 Å². The molecular weight excluding hydrogens is 228 g/mol. The topological polar surface area (TPSA) is 98.9 Å². The number of benzene rings is 1. The number of non-ortho nitro benzene ring substituents is 1. The SMILES string of the molecule is CC.CC(=O)Oc1cc(N=O)cc([N+](=O)[O-])c1. The number of esters is 1. The fourth-order valence-corrected chi connectivity index (χ4v) is 0.951. The Morgan fingerprint density at radius 1 is 1.35 bits per heavy atom. The number of ether oxygens (including phenoxy) is 1. The van der Waals surface area contributed by atoms with Gasteiger partial charge in [0.05, 0.1) is 11.0 Å². The van der Waals surface area contributed by atoms with Gasteiger partial charge in [-0.2, -0.15) is 0 Å². The molecule has 7 heteroatoms. The second-order valence-electron chi connectivity index (χ2n) is 2.63. The number of nitrogens with zero attached hydrogens (tertiary/aromatic N) is 2. The zero-order valence-electron chi connectivity index (χ0n) is 9.67. The average molecular weight is 240 g/mol. The van der Waals surface area contributed by atoms with Gasteiger partial charge in [-0.1, -0.05) is 13.8 Å². The lowest BCUT2D eigenvalue weighted by Gasteiger charge is -2.00. The van der Waals surface area contributed by atoms with Gasteiger partial charge in [0.2, 0.25) is 0 Å². The Morgan fingerprint density at radius 2 is 1.94 bits per heavy atom. The smallest absolute Gasteiger partial charge is 0.308 e. The van der Waals surface area contributed by atoms with Crippen molar-refractivity contribution in [1.82, 2.24) is 0 Å². The van der Waals surface area contributed by atoms with Crippen LogP contribution in [0.1, 0.15) is 20.8 Å². The van der Waals surface area contributed by atoms with Gasteiger partial charge in [-0.15, -0.1) is 4.91 Å². The molecule has 0 aliphatic rings. The van der Waals surface area contributed by atoms with Crippen LogP contribution in [0, 0.1) is 15.0 Å². The third-order valence-corrected chi connectivity index (χ3v) is 1.45. The quantitative estimate of drug-likeness (QED) is 0.266. The normalized spacial score (nSPS) is 8.65. The van der Waals surface area contributed by atoms with Crippen molar-refractivity contribution < 1.29 is 14.5 Å². The lowest BCUT2D eigenvalue weighted by atomic mass is 10.2. The summed E-state index contributed by atoms with van der Waals surface area (Å²) >= 11 is 0. The molecule has 7 nitrogen and oxygen atoms in total. The summed E-state index contributed by atoms with van der Waals surface area (Å²) < 4.78 is 4.61. The van der Waals surface area contributed by atoms with Crippen LogP contribution in [0.4, 0.5) is 11.4 Å². The molecule has 92 valence electrons. The van der Waals surface area contributed by atoms with E-state index in [9.17, 15) is 19.8 Å². The monoisotopic (exact) mass is 240 g/mol. The van der Waals surface area contributed by atoms with E-state index < -0.39 is 10.9 Å². The zero-order valence-corrected chi connectivity index (χ0v) is 9.67. The molecule has 0 bridgehead atoms. The van der Waals surface area contributed by atoms with Gasteiger partial charge in [0, 0.05) is 19.1 Å². The summed E-state index contributed by atoms with van der Waals surface area (Å²) in [5.74, 6) is -0.710. The molecule has 0 unspecified atom stereocenters. The first-order chi connectivity index (χ1) is 8.02. The van der Waals surface area contributed by atoms with Gasteiger partial charge in [0.15, 0.2) is 0 Å². The first-order valence-corrected chi connectivity index (χ1v) is 4.84. The summed E-state index contributed by atoms with van der Waals surface area (Å²) in [5.41, 5.74) is -0.524. The standard InChI is InChI=1S/C8H6N2O5.C2H6/c1-5(11)15-8-3-6(9-12)2-7(4-8)10(13)14;1-2/h2-4H,1H3;1-2H3. The number of carbonyl (C=O) groups is 1. The van der Waals surface area contributed by atoms with E-state index in [1.54, 1.807) is 0 Å². The van der Waals surface area contributed by atoms with E-state index in [0.29, 0.717) is 0 Å². The van der Waals surface area contributed by atoms with Gasteiger partial charge in [-0.05, 0) is 5.18 Å². The molecule has 0 saturated carbocycles. The van der Waals surface area contributed by atoms with E-state index in [0.717, 1.165) is 25.1 Å². The molecule has 0 atom stereocenters. The fraction of sp³-hybridized carbons (Fsp3) is 0.300. The minimum absolute atomic E-state index is 0.0775. The minimum atomic E-state index is -0.707. The molecule has 0 fully saturated rings. The van der Waals surface area contributed by atoms with Crippen molar-refractivity contribution in [3.8, 4) is 5.75 Å². The van der Waals surface area contributed by atoms with Crippen molar-refractivity contribution in [3.63, 3.8) is 0 Å². The lowest BCUT2D eigenvalue weighted by Crippen LogP contribution is -2.01. The van der Waals surface area contributed by atoms with Crippen LogP contribution in [0.3, 0.4) is 0 Å². The number of hydrogen-bond acceptors (Lipinski definition) is 6. The Kier molecular flexibility index (Phi) is 6.09. The van der Waals surface area contributed by atoms with Crippen LogP contribution >= 0.6 is 0 Å². The predicted octanol–water partition coefficient (Wildman–Crippen LogP) is 2.94. The van der Waals surface area contributed by atoms with Gasteiger partial charge < -0.3 is 4.74 Å². The first kappa shape index (κ1) is 14.7. The van der Waals surface area contributed by atoms with E-state index >= 15 is 0 Å². The van der Waals surface area contributed by atoms with Gasteiger partial charge in [0.1, 0.15) is 11.4 Å². The minimum Gasteiger partial charge on any atom is -0.426 e. The number of rotatable bonds is 3. The Balaban J connectivity index is 0.00000121. The maximum atomic E-state index is 10.6. The lowest BCUT2D eigenvalue weighted by molar-refractivity contribution is -0.384. The van der Waals surface area contributed by atoms with Gasteiger partial charge in [-0.3, -0.25) is 14.9 Å². The molecule has 0 saturated heterocycles. The van der Waals surface area contributed by atoms with E-state index in [1.807, 2.05) is 13.8 Å². The number of nitroso groups, excluding NO2 is 1. The molecule has 17 heavy (non-hydrogen) atoms. The van der Waals surface area contributed by atoms with E-state index in [1.165, 1.54) is 0 Å². The second-order valence-corrected chi connectivity index (χ2v) is 2.63. The van der Waals surface area contributed by atoms with Crippen LogP contribution in [0.15, 0.2) is 23.4 Å². The second kappa shape index (κ2) is 7.04. The summed E-state index contributed by atoms with van der Waals surface area (Å²) in [5, 5.41) is 13.0. The van der Waals surface area contributed by atoms with Gasteiger partial charge in [0.25, 0.3) is 5.69 Å². The highest BCUT2D eigenvalue weighted by atomic mass is 16.6. The molecule has 0 N–H and O–H groups in total. The molecule has 0 aliphatic heterocycles. The van der Waals surface area contributed by atoms with Crippen molar-refractivity contribution in [3.05, 3.63) is 33.2 Å². The molecule has 0 spiro atoms. The van der Waals surface area contributed by atoms with Crippen LogP contribution < -0.4 is 4.74 Å². The highest BCUT2D eigenvalue weighted by molar-refractivity contribution is 5.70. The number of nitro groups is 1. The fourth-order valence-electron chi connectivity index (χ4n) is 0.951. The molecule has 0 aliphatic carbocycles. The average Bonchev–Trinajstić information content (AvgIpc) is 2.30. The van der Waals surface area contributed by atoms with Crippen molar-refractivity contribution >= 4 is 17.3 Å². The number of carbonyl (C=O) groups excluding carboxylic acids is 1. The van der Waals surface area contributed by atoms with Crippen LogP contribution in [0.25, 0.3) is 0 Å². The number of hydrogen-bond donors (Lipinski definition) is 0. The molecule has 0 heterocycles. The first-order valence-electron chi connectivity index (χ1n) is 4.84. The summed E-state index contributed by atoms with van der Waals surface area (Å²) in [6.45, 7) is 5.15. The van der Waals surface area contributed by atoms with E-state index in [2.05, 4.69) is 9.91 Å². The highest BCUT2D eigenvalue weighted by Crippen LogP contribution is 2.27. The molecule has 0 aromatic heterocycles. The molecule has 1 aromatic carbocycles. The Morgan fingerprint density at radius 3 is 2.35 bits per heavy atom. The van der Waals surface area contributed by atoms with Crippen molar-refractivity contribution in [2.24, 2.45) is 5.18 Å². The highest BCUT2D eigenvalue weighted by Gasteiger charge is 2.11. The van der Waals surface area contributed by atoms with Crippen LogP contribution in [0.2, 0.25) is 0 Å². The van der Waals surface area contributed by atoms with Crippen molar-refractivity contribution in [1.29, 1.82) is 0 Å². The Bertz CT molecular complexity index is 431. The van der Waals surface area contributed by atoms with Crippen molar-refractivity contribution in [2.45, 2.75) is 20.8 Å². The maximum absolute atomic E-state index is 10.6. The molecule has 0 radical (unpaired) electrons. The Labute approximate surface area is 97.5 Å². The molecule has 1 rings (SSSR count). The van der Waals surface area contributed by atoms with Gasteiger partial charge in [-0.25, -0.2) is 0 Å². The summed E-state index contributed by atoms with van der Waals surface area (Å²) in [7, 11) is 0. The van der Waals surface area contributed by atoms with Crippen LogP contribution in [-0.4, -0.2) is 10.9 Å². The van der Waals surface area contributed by atoms with E-state index in [4.69, 9.17) is 0 Å². The summed E-state index contributed by atoms with van der Waals surface area (Å²) in [6.07, 6.45) is 0. The van der Waals surface area contributed by atoms with Crippen molar-refractivity contribution in [2.75, 3.05) is 0 Å². The predicted molar refractivity (Wildman–Crippen MR) is 61.2 cm³/mol. The number of nitro benzene ring substituents is 1. The Hall–Kier alpha value is -2.31. The van der Waals surface area contributed by atoms with Crippen LogP contribution in [-0.2, 0) is 4.79 Å². The summed E-state index contributed by atoms with van der Waals surface area (Å²) in [6, 6.07) is 3.16. The molecule has 0 amide bonds. The maximum Gasteiger partial charge on any atom is 0.308 e.